The molecule has 0 radical (unpaired) electrons. The van der Waals surface area contributed by atoms with Gasteiger partial charge in [0.2, 0.25) is 0 Å². The summed E-state index contributed by atoms with van der Waals surface area (Å²) in [5.74, 6) is 0. The van der Waals surface area contributed by atoms with E-state index in [1.54, 1.807) is 0 Å². The van der Waals surface area contributed by atoms with Crippen molar-refractivity contribution in [3.63, 3.8) is 0 Å². The molecule has 0 aromatic rings. The predicted octanol–water partition coefficient (Wildman–Crippen LogP) is 0.454. The molecule has 0 nitrogen and oxygen atoms in total. The third-order valence-corrected chi connectivity index (χ3v) is 0. The molecule has 0 saturated heterocycles. The Morgan fingerprint density at radius 3 is 1.20 bits per heavy atom. The maximum atomic E-state index is 2.38. The topological polar surface area (TPSA) is 0 Å². The number of rotatable bonds is 0. The molecule has 0 amide bonds. The van der Waals surface area contributed by atoms with Crippen molar-refractivity contribution in [3.05, 3.63) is 0 Å². The van der Waals surface area contributed by atoms with Crippen molar-refractivity contribution in [2.24, 2.45) is 0 Å². The van der Waals surface area contributed by atoms with E-state index in [0.717, 1.165) is 0 Å². The quantitative estimate of drug-likeness (QED) is 0.494. The molecular weight excluding hydrogens is 186 g/mol. The van der Waals surface area contributed by atoms with Crippen LogP contribution in [0.25, 0.3) is 0 Å². The Labute approximate surface area is 47.5 Å². The summed E-state index contributed by atoms with van der Waals surface area (Å²) < 4.78 is 0. The molecule has 32 valence electrons. The SMILES string of the molecule is C[Si](C)(C)[SbH2]. The molecule has 0 aromatic heterocycles. The Balaban J connectivity index is 3.02. The van der Waals surface area contributed by atoms with Gasteiger partial charge in [-0.3, -0.25) is 0 Å². The van der Waals surface area contributed by atoms with E-state index in [1.165, 1.54) is 22.2 Å². The van der Waals surface area contributed by atoms with E-state index in [9.17, 15) is 0 Å². The molecule has 0 spiro atoms. The van der Waals surface area contributed by atoms with Crippen LogP contribution in [0.5, 0.6) is 0 Å². The molecule has 0 unspecified atom stereocenters. The van der Waals surface area contributed by atoms with Crippen molar-refractivity contribution >= 4 is 27.7 Å². The summed E-state index contributed by atoms with van der Waals surface area (Å²) in [5.41, 5.74) is -0.481. The first-order valence-corrected chi connectivity index (χ1v) is 10.3. The summed E-state index contributed by atoms with van der Waals surface area (Å²) in [6.07, 6.45) is 0. The average Bonchev–Trinajstić information content (AvgIpc) is 0.722. The van der Waals surface area contributed by atoms with E-state index in [4.69, 9.17) is 0 Å². The van der Waals surface area contributed by atoms with Crippen LogP contribution in [0.2, 0.25) is 19.6 Å². The molecule has 0 aromatic carbocycles. The van der Waals surface area contributed by atoms with Gasteiger partial charge in [-0.1, -0.05) is 0 Å². The van der Waals surface area contributed by atoms with Crippen LogP contribution in [-0.2, 0) is 0 Å². The third-order valence-electron chi connectivity index (χ3n) is 0. The van der Waals surface area contributed by atoms with Crippen molar-refractivity contribution in [2.75, 3.05) is 0 Å². The van der Waals surface area contributed by atoms with Crippen LogP contribution in [0.4, 0.5) is 0 Å². The van der Waals surface area contributed by atoms with Crippen molar-refractivity contribution in [2.45, 2.75) is 19.6 Å². The minimum absolute atomic E-state index is 0.481. The van der Waals surface area contributed by atoms with Crippen LogP contribution in [-0.4, -0.2) is 27.7 Å². The van der Waals surface area contributed by atoms with Gasteiger partial charge in [0.05, 0.1) is 0 Å². The van der Waals surface area contributed by atoms with Crippen LogP contribution >= 0.6 is 0 Å². The van der Waals surface area contributed by atoms with Gasteiger partial charge in [0.25, 0.3) is 0 Å². The number of hydrogen-bond acceptors (Lipinski definition) is 0. The van der Waals surface area contributed by atoms with Gasteiger partial charge in [-0.05, 0) is 0 Å². The molecule has 0 aliphatic rings. The van der Waals surface area contributed by atoms with Crippen molar-refractivity contribution in [1.29, 1.82) is 0 Å². The Morgan fingerprint density at radius 2 is 1.20 bits per heavy atom. The Bertz CT molecular complexity index is 22.4. The van der Waals surface area contributed by atoms with E-state index in [1.807, 2.05) is 0 Å². The van der Waals surface area contributed by atoms with Crippen LogP contribution in [0.1, 0.15) is 0 Å². The van der Waals surface area contributed by atoms with E-state index < -0.39 is 5.50 Å². The van der Waals surface area contributed by atoms with Gasteiger partial charge in [0.15, 0.2) is 0 Å². The number of hydrogen-bond donors (Lipinski definition) is 0. The van der Waals surface area contributed by atoms with Gasteiger partial charge in [-0.2, -0.15) is 0 Å². The molecule has 0 heterocycles. The Kier molecular flexibility index (Phi) is 2.00. The van der Waals surface area contributed by atoms with Crippen molar-refractivity contribution in [1.82, 2.24) is 0 Å². The zero-order valence-corrected chi connectivity index (χ0v) is 8.37. The minimum atomic E-state index is -0.481. The molecule has 2 heteroatoms. The monoisotopic (exact) mass is 196 g/mol. The van der Waals surface area contributed by atoms with Crippen molar-refractivity contribution in [3.8, 4) is 0 Å². The zero-order chi connectivity index (χ0) is 4.50. The summed E-state index contributed by atoms with van der Waals surface area (Å²) in [6.45, 7) is 7.15. The fourth-order valence-electron chi connectivity index (χ4n) is 0. The molecule has 0 saturated carbocycles. The first-order valence-electron chi connectivity index (χ1n) is 1.79. The summed E-state index contributed by atoms with van der Waals surface area (Å²) in [4.78, 5) is 0. The average molecular weight is 197 g/mol. The second-order valence-electron chi connectivity index (χ2n) is 2.37. The summed E-state index contributed by atoms with van der Waals surface area (Å²) in [7, 11) is 0. The molecular formula is C3H11SbSi. The molecule has 0 fully saturated rings. The second-order valence-corrected chi connectivity index (χ2v) is 21.9. The molecule has 0 aliphatic carbocycles. The van der Waals surface area contributed by atoms with E-state index in [-0.39, 0.29) is 0 Å². The summed E-state index contributed by atoms with van der Waals surface area (Å²) in [5, 5.41) is 0. The van der Waals surface area contributed by atoms with E-state index in [0.29, 0.717) is 0 Å². The molecule has 0 aliphatic heterocycles. The Hall–Kier alpha value is 1.04. The molecule has 0 bridgehead atoms. The standard InChI is InChI=1S/C3H9Si.Sb.2H/c1-4(2)3;;;/h1-3H3;;;. The van der Waals surface area contributed by atoms with Gasteiger partial charge in [-0.25, -0.2) is 0 Å². The zero-order valence-electron chi connectivity index (χ0n) is 4.08. The predicted molar refractivity (Wildman–Crippen MR) is 31.9 cm³/mol. The third kappa shape index (κ3) is 43.3. The van der Waals surface area contributed by atoms with Gasteiger partial charge in [0, 0.05) is 0 Å². The molecule has 5 heavy (non-hydrogen) atoms. The van der Waals surface area contributed by atoms with Crippen LogP contribution in [0.3, 0.4) is 0 Å². The van der Waals surface area contributed by atoms with Crippen LogP contribution in [0, 0.1) is 0 Å². The summed E-state index contributed by atoms with van der Waals surface area (Å²) >= 11 is 1.50. The van der Waals surface area contributed by atoms with Gasteiger partial charge in [-0.15, -0.1) is 0 Å². The molecule has 0 rings (SSSR count). The summed E-state index contributed by atoms with van der Waals surface area (Å²) in [6, 6.07) is 0. The van der Waals surface area contributed by atoms with Crippen LogP contribution < -0.4 is 0 Å². The molecule has 0 N–H and O–H groups in total. The van der Waals surface area contributed by atoms with Gasteiger partial charge >= 0.3 is 47.4 Å². The Morgan fingerprint density at radius 1 is 1.20 bits per heavy atom. The second kappa shape index (κ2) is 1.66. The maximum absolute atomic E-state index is 2.38. The van der Waals surface area contributed by atoms with Gasteiger partial charge < -0.3 is 0 Å². The van der Waals surface area contributed by atoms with Crippen molar-refractivity contribution < 1.29 is 0 Å². The fourth-order valence-corrected chi connectivity index (χ4v) is 0. The first-order chi connectivity index (χ1) is 2.00. The van der Waals surface area contributed by atoms with Gasteiger partial charge in [0.1, 0.15) is 0 Å². The van der Waals surface area contributed by atoms with Crippen LogP contribution in [0.15, 0.2) is 0 Å². The molecule has 0 atom stereocenters. The normalized spacial score (nSPS) is 12.0. The fraction of sp³-hybridized carbons (Fsp3) is 1.00. The van der Waals surface area contributed by atoms with E-state index >= 15 is 0 Å². The first kappa shape index (κ1) is 6.04. The van der Waals surface area contributed by atoms with E-state index in [2.05, 4.69) is 19.6 Å².